The zero-order valence-corrected chi connectivity index (χ0v) is 12.8. The van der Waals surface area contributed by atoms with Crippen LogP contribution in [0.5, 0.6) is 0 Å². The number of thiazole rings is 1. The molecular weight excluding hydrogens is 298 g/mol. The molecule has 22 heavy (non-hydrogen) atoms. The molecule has 112 valence electrons. The van der Waals surface area contributed by atoms with Crippen LogP contribution in [0.1, 0.15) is 21.1 Å². The van der Waals surface area contributed by atoms with Crippen LogP contribution in [0.4, 0.5) is 5.69 Å². The highest BCUT2D eigenvalue weighted by Gasteiger charge is 2.11. The van der Waals surface area contributed by atoms with Crippen molar-refractivity contribution in [3.8, 4) is 11.3 Å². The third-order valence-electron chi connectivity index (χ3n) is 3.21. The van der Waals surface area contributed by atoms with Gasteiger partial charge in [0.15, 0.2) is 0 Å². The molecule has 0 fully saturated rings. The van der Waals surface area contributed by atoms with E-state index in [1.54, 1.807) is 47.9 Å². The molecule has 6 heteroatoms. The summed E-state index contributed by atoms with van der Waals surface area (Å²) in [5.74, 6) is -0.228. The smallest absolute Gasteiger partial charge is 0.272 e. The molecule has 5 nitrogen and oxygen atoms in total. The molecule has 0 saturated carbocycles. The van der Waals surface area contributed by atoms with Gasteiger partial charge in [0.05, 0.1) is 17.3 Å². The Morgan fingerprint density at radius 1 is 1.41 bits per heavy atom. The van der Waals surface area contributed by atoms with Gasteiger partial charge in [0.25, 0.3) is 5.91 Å². The van der Waals surface area contributed by atoms with Gasteiger partial charge in [-0.15, -0.1) is 11.3 Å². The molecule has 0 bridgehead atoms. The highest BCUT2D eigenvalue weighted by atomic mass is 32.1. The zero-order valence-electron chi connectivity index (χ0n) is 12.0. The van der Waals surface area contributed by atoms with Crippen molar-refractivity contribution in [3.05, 3.63) is 58.2 Å². The van der Waals surface area contributed by atoms with Crippen LogP contribution in [0.25, 0.3) is 11.3 Å². The van der Waals surface area contributed by atoms with Gasteiger partial charge in [-0.3, -0.25) is 4.79 Å². The first-order valence-corrected chi connectivity index (χ1v) is 7.66. The number of aliphatic hydroxyl groups is 1. The molecule has 0 radical (unpaired) electrons. The number of anilines is 1. The molecule has 1 amide bonds. The van der Waals surface area contributed by atoms with Crippen molar-refractivity contribution < 1.29 is 9.90 Å². The fraction of sp³-hybridized carbons (Fsp3) is 0.125. The Morgan fingerprint density at radius 2 is 2.27 bits per heavy atom. The molecular formula is C16H15N3O2S. The van der Waals surface area contributed by atoms with Gasteiger partial charge in [0.1, 0.15) is 5.69 Å². The Labute approximate surface area is 131 Å². The molecule has 0 spiro atoms. The maximum Gasteiger partial charge on any atom is 0.272 e. The maximum absolute atomic E-state index is 12.2. The van der Waals surface area contributed by atoms with Crippen molar-refractivity contribution in [2.45, 2.75) is 13.5 Å². The van der Waals surface area contributed by atoms with E-state index in [9.17, 15) is 4.79 Å². The molecule has 0 aliphatic carbocycles. The number of benzene rings is 1. The summed E-state index contributed by atoms with van der Waals surface area (Å²) in [7, 11) is 0. The highest BCUT2D eigenvalue weighted by molar-refractivity contribution is 7.09. The van der Waals surface area contributed by atoms with Gasteiger partial charge in [-0.05, 0) is 30.7 Å². The second-order valence-electron chi connectivity index (χ2n) is 4.87. The largest absolute Gasteiger partial charge is 0.392 e. The number of nitrogens with zero attached hydrogens (tertiary/aromatic N) is 1. The predicted octanol–water partition coefficient (Wildman–Crippen LogP) is 3.19. The number of carbonyl (C=O) groups excluding carboxylic acids is 1. The SMILES string of the molecule is Cc1nc(-c2c[nH]c(C(=O)Nc3cccc(CO)c3)c2)cs1. The molecule has 3 aromatic rings. The van der Waals surface area contributed by atoms with E-state index < -0.39 is 0 Å². The van der Waals surface area contributed by atoms with E-state index in [0.29, 0.717) is 11.4 Å². The zero-order chi connectivity index (χ0) is 15.5. The molecule has 0 aliphatic rings. The Bertz CT molecular complexity index is 807. The lowest BCUT2D eigenvalue weighted by atomic mass is 10.2. The van der Waals surface area contributed by atoms with E-state index in [4.69, 9.17) is 5.11 Å². The van der Waals surface area contributed by atoms with Crippen LogP contribution >= 0.6 is 11.3 Å². The van der Waals surface area contributed by atoms with Gasteiger partial charge in [-0.2, -0.15) is 0 Å². The first-order chi connectivity index (χ1) is 10.7. The van der Waals surface area contributed by atoms with Crippen molar-refractivity contribution in [3.63, 3.8) is 0 Å². The number of carbonyl (C=O) groups is 1. The first-order valence-electron chi connectivity index (χ1n) is 6.78. The number of aliphatic hydroxyl groups excluding tert-OH is 1. The summed E-state index contributed by atoms with van der Waals surface area (Å²) in [5, 5.41) is 14.9. The topological polar surface area (TPSA) is 78.0 Å². The Hall–Kier alpha value is -2.44. The molecule has 2 aromatic heterocycles. The second-order valence-corrected chi connectivity index (χ2v) is 5.93. The number of hydrogen-bond acceptors (Lipinski definition) is 4. The molecule has 2 heterocycles. The standard InChI is InChI=1S/C16H15N3O2S/c1-10-18-15(9-22-10)12-6-14(17-7-12)16(21)19-13-4-2-3-11(5-13)8-20/h2-7,9,17,20H,8H2,1H3,(H,19,21). The third-order valence-corrected chi connectivity index (χ3v) is 3.98. The summed E-state index contributed by atoms with van der Waals surface area (Å²) < 4.78 is 0. The lowest BCUT2D eigenvalue weighted by Gasteiger charge is -2.05. The van der Waals surface area contributed by atoms with Gasteiger partial charge in [-0.25, -0.2) is 4.98 Å². The third kappa shape index (κ3) is 3.08. The maximum atomic E-state index is 12.2. The van der Waals surface area contributed by atoms with E-state index in [1.165, 1.54) is 0 Å². The monoisotopic (exact) mass is 313 g/mol. The number of aryl methyl sites for hydroxylation is 1. The van der Waals surface area contributed by atoms with E-state index in [0.717, 1.165) is 21.8 Å². The summed E-state index contributed by atoms with van der Waals surface area (Å²) in [6.07, 6.45) is 1.77. The van der Waals surface area contributed by atoms with Gasteiger partial charge < -0.3 is 15.4 Å². The molecule has 1 aromatic carbocycles. The van der Waals surface area contributed by atoms with Crippen LogP contribution in [0, 0.1) is 6.92 Å². The number of aromatic nitrogens is 2. The van der Waals surface area contributed by atoms with Crippen LogP contribution in [0.15, 0.2) is 41.9 Å². The van der Waals surface area contributed by atoms with Crippen LogP contribution in [0.2, 0.25) is 0 Å². The number of rotatable bonds is 4. The van der Waals surface area contributed by atoms with E-state index in [2.05, 4.69) is 15.3 Å². The summed E-state index contributed by atoms with van der Waals surface area (Å²) in [6, 6.07) is 8.89. The second kappa shape index (κ2) is 6.13. The highest BCUT2D eigenvalue weighted by Crippen LogP contribution is 2.22. The fourth-order valence-electron chi connectivity index (χ4n) is 2.12. The fourth-order valence-corrected chi connectivity index (χ4v) is 2.74. The predicted molar refractivity (Wildman–Crippen MR) is 87.0 cm³/mol. The minimum atomic E-state index is -0.228. The molecule has 0 unspecified atom stereocenters. The Balaban J connectivity index is 1.76. The van der Waals surface area contributed by atoms with Gasteiger partial charge >= 0.3 is 0 Å². The quantitative estimate of drug-likeness (QED) is 0.692. The number of amides is 1. The lowest BCUT2D eigenvalue weighted by Crippen LogP contribution is -2.12. The van der Waals surface area contributed by atoms with Crippen LogP contribution in [-0.2, 0) is 6.61 Å². The number of H-pyrrole nitrogens is 1. The molecule has 3 rings (SSSR count). The minimum absolute atomic E-state index is 0.0560. The molecule has 0 aliphatic heterocycles. The van der Waals surface area contributed by atoms with Gasteiger partial charge in [0.2, 0.25) is 0 Å². The number of aromatic amines is 1. The molecule has 3 N–H and O–H groups in total. The van der Waals surface area contributed by atoms with Crippen LogP contribution < -0.4 is 5.32 Å². The summed E-state index contributed by atoms with van der Waals surface area (Å²) >= 11 is 1.57. The molecule has 0 saturated heterocycles. The number of nitrogens with one attached hydrogen (secondary N) is 2. The average molecular weight is 313 g/mol. The number of hydrogen-bond donors (Lipinski definition) is 3. The Morgan fingerprint density at radius 3 is 3.00 bits per heavy atom. The van der Waals surface area contributed by atoms with Crippen molar-refractivity contribution in [2.75, 3.05) is 5.32 Å². The van der Waals surface area contributed by atoms with E-state index in [1.807, 2.05) is 12.3 Å². The van der Waals surface area contributed by atoms with Crippen LogP contribution in [0.3, 0.4) is 0 Å². The van der Waals surface area contributed by atoms with Crippen molar-refractivity contribution in [1.82, 2.24) is 9.97 Å². The average Bonchev–Trinajstić information content (AvgIpc) is 3.16. The van der Waals surface area contributed by atoms with E-state index >= 15 is 0 Å². The van der Waals surface area contributed by atoms with E-state index in [-0.39, 0.29) is 12.5 Å². The minimum Gasteiger partial charge on any atom is -0.392 e. The van der Waals surface area contributed by atoms with Gasteiger partial charge in [-0.1, -0.05) is 12.1 Å². The normalized spacial score (nSPS) is 10.6. The lowest BCUT2D eigenvalue weighted by molar-refractivity contribution is 0.102. The summed E-state index contributed by atoms with van der Waals surface area (Å²) in [5.41, 5.74) is 3.62. The first kappa shape index (κ1) is 14.5. The Kier molecular flexibility index (Phi) is 4.04. The van der Waals surface area contributed by atoms with Crippen molar-refractivity contribution >= 4 is 22.9 Å². The van der Waals surface area contributed by atoms with Crippen molar-refractivity contribution in [1.29, 1.82) is 0 Å². The van der Waals surface area contributed by atoms with Crippen LogP contribution in [-0.4, -0.2) is 21.0 Å². The summed E-state index contributed by atoms with van der Waals surface area (Å²) in [6.45, 7) is 1.89. The van der Waals surface area contributed by atoms with Crippen molar-refractivity contribution in [2.24, 2.45) is 0 Å². The molecule has 0 atom stereocenters. The summed E-state index contributed by atoms with van der Waals surface area (Å²) in [4.78, 5) is 19.6. The van der Waals surface area contributed by atoms with Gasteiger partial charge in [0, 0.05) is 22.8 Å².